The minimum Gasteiger partial charge on any atom is -0.494 e. The van der Waals surface area contributed by atoms with Gasteiger partial charge in [-0.2, -0.15) is 0 Å². The second-order valence-electron chi connectivity index (χ2n) is 8.14. The largest absolute Gasteiger partial charge is 0.494 e. The van der Waals surface area contributed by atoms with Crippen LogP contribution in [0.4, 0.5) is 5.69 Å². The van der Waals surface area contributed by atoms with Crippen LogP contribution in [-0.4, -0.2) is 25.9 Å². The molecule has 0 amide bonds. The maximum Gasteiger partial charge on any atom is 0.124 e. The highest BCUT2D eigenvalue weighted by Gasteiger charge is 2.39. The number of nitrogens with one attached hydrogen (secondary N) is 1. The van der Waals surface area contributed by atoms with Crippen LogP contribution in [0, 0.1) is 5.92 Å². The number of anilines is 1. The van der Waals surface area contributed by atoms with Crippen molar-refractivity contribution in [1.29, 1.82) is 0 Å². The Morgan fingerprint density at radius 3 is 2.90 bits per heavy atom. The first kappa shape index (κ1) is 18.6. The van der Waals surface area contributed by atoms with Gasteiger partial charge in [0, 0.05) is 23.8 Å². The summed E-state index contributed by atoms with van der Waals surface area (Å²) in [5.74, 6) is 2.81. The Kier molecular flexibility index (Phi) is 5.19. The van der Waals surface area contributed by atoms with Crippen molar-refractivity contribution in [2.45, 2.75) is 44.2 Å². The average molecular weight is 392 g/mol. The number of hydrogen-bond acceptors (Lipinski definition) is 4. The van der Waals surface area contributed by atoms with E-state index >= 15 is 0 Å². The first-order valence-corrected chi connectivity index (χ1v) is 10.9. The predicted molar refractivity (Wildman–Crippen MR) is 115 cm³/mol. The normalized spacial score (nSPS) is 27.2. The summed E-state index contributed by atoms with van der Waals surface area (Å²) in [6.07, 6.45) is 8.24. The third-order valence-electron chi connectivity index (χ3n) is 6.35. The molecule has 2 aromatic carbocycles. The molecule has 1 N–H and O–H groups in total. The molecule has 1 saturated heterocycles. The summed E-state index contributed by atoms with van der Waals surface area (Å²) < 4.78 is 17.7. The van der Waals surface area contributed by atoms with Crippen LogP contribution in [-0.2, 0) is 4.74 Å². The van der Waals surface area contributed by atoms with E-state index in [0.29, 0.717) is 25.0 Å². The lowest BCUT2D eigenvalue weighted by Crippen LogP contribution is -2.29. The molecule has 4 heteroatoms. The molecule has 4 nitrogen and oxygen atoms in total. The highest BCUT2D eigenvalue weighted by Crippen LogP contribution is 2.51. The molecule has 0 saturated carbocycles. The van der Waals surface area contributed by atoms with Gasteiger partial charge in [0.15, 0.2) is 0 Å². The first-order valence-electron chi connectivity index (χ1n) is 10.9. The number of rotatable bonds is 6. The van der Waals surface area contributed by atoms with Crippen LogP contribution in [0.1, 0.15) is 49.3 Å². The second kappa shape index (κ2) is 8.11. The standard InChI is InChI=1S/C25H29NO3/c1-2-27-24-11-4-3-8-21(24)25-20-10-5-9-19(20)22-15-17(12-13-23(22)26-25)29-16-18-7-6-14-28-18/h3-5,8-9,11-13,15,18-20,25-26H,2,6-7,10,14,16H2,1H3. The number of fused-ring (bicyclic) bond motifs is 3. The van der Waals surface area contributed by atoms with Crippen LogP contribution in [0.15, 0.2) is 54.6 Å². The smallest absolute Gasteiger partial charge is 0.124 e. The van der Waals surface area contributed by atoms with Crippen LogP contribution in [0.5, 0.6) is 11.5 Å². The first-order chi connectivity index (χ1) is 14.3. The van der Waals surface area contributed by atoms with E-state index in [4.69, 9.17) is 14.2 Å². The maximum absolute atomic E-state index is 6.07. The van der Waals surface area contributed by atoms with Crippen molar-refractivity contribution < 1.29 is 14.2 Å². The lowest BCUT2D eigenvalue weighted by atomic mass is 9.77. The van der Waals surface area contributed by atoms with Gasteiger partial charge in [0.2, 0.25) is 0 Å². The summed E-state index contributed by atoms with van der Waals surface area (Å²) in [4.78, 5) is 0. The minimum atomic E-state index is 0.239. The molecule has 0 aromatic heterocycles. The van der Waals surface area contributed by atoms with Gasteiger partial charge in [0.05, 0.1) is 18.8 Å². The van der Waals surface area contributed by atoms with Crippen molar-refractivity contribution in [2.24, 2.45) is 5.92 Å². The molecule has 2 heterocycles. The van der Waals surface area contributed by atoms with E-state index in [0.717, 1.165) is 37.4 Å². The molecule has 5 rings (SSSR count). The topological polar surface area (TPSA) is 39.7 Å². The van der Waals surface area contributed by atoms with Gasteiger partial charge in [-0.3, -0.25) is 0 Å². The molecule has 1 fully saturated rings. The molecule has 2 aromatic rings. The Bertz CT molecular complexity index is 887. The quantitative estimate of drug-likeness (QED) is 0.663. The summed E-state index contributed by atoms with van der Waals surface area (Å²) in [7, 11) is 0. The van der Waals surface area contributed by atoms with Crippen molar-refractivity contribution in [2.75, 3.05) is 25.1 Å². The van der Waals surface area contributed by atoms with E-state index < -0.39 is 0 Å². The fourth-order valence-electron chi connectivity index (χ4n) is 4.96. The minimum absolute atomic E-state index is 0.239. The van der Waals surface area contributed by atoms with Crippen molar-refractivity contribution >= 4 is 5.69 Å². The van der Waals surface area contributed by atoms with E-state index in [1.807, 2.05) is 13.0 Å². The van der Waals surface area contributed by atoms with Crippen LogP contribution in [0.25, 0.3) is 0 Å². The zero-order chi connectivity index (χ0) is 19.6. The van der Waals surface area contributed by atoms with Crippen molar-refractivity contribution in [3.05, 3.63) is 65.7 Å². The third-order valence-corrected chi connectivity index (χ3v) is 6.35. The summed E-state index contributed by atoms with van der Waals surface area (Å²) >= 11 is 0. The van der Waals surface area contributed by atoms with Gasteiger partial charge in [-0.05, 0) is 61.9 Å². The molecule has 4 atom stereocenters. The van der Waals surface area contributed by atoms with E-state index in [1.54, 1.807) is 0 Å². The molecular weight excluding hydrogens is 362 g/mol. The number of benzene rings is 2. The Hall–Kier alpha value is -2.46. The van der Waals surface area contributed by atoms with E-state index in [-0.39, 0.29) is 12.1 Å². The molecule has 0 bridgehead atoms. The summed E-state index contributed by atoms with van der Waals surface area (Å²) in [5, 5.41) is 3.81. The Labute approximate surface area is 172 Å². The SMILES string of the molecule is CCOc1ccccc1C1Nc2ccc(OCC3CCCO3)cc2C2C=CCC21. The number of ether oxygens (including phenoxy) is 3. The van der Waals surface area contributed by atoms with Gasteiger partial charge in [0.1, 0.15) is 18.1 Å². The van der Waals surface area contributed by atoms with E-state index in [2.05, 4.69) is 53.9 Å². The van der Waals surface area contributed by atoms with Gasteiger partial charge in [-0.15, -0.1) is 0 Å². The summed E-state index contributed by atoms with van der Waals surface area (Å²) in [6.45, 7) is 4.22. The van der Waals surface area contributed by atoms with Gasteiger partial charge in [-0.1, -0.05) is 30.4 Å². The highest BCUT2D eigenvalue weighted by atomic mass is 16.5. The second-order valence-corrected chi connectivity index (χ2v) is 8.14. The van der Waals surface area contributed by atoms with Gasteiger partial charge in [-0.25, -0.2) is 0 Å². The Balaban J connectivity index is 1.41. The molecule has 29 heavy (non-hydrogen) atoms. The van der Waals surface area contributed by atoms with Crippen molar-refractivity contribution in [3.63, 3.8) is 0 Å². The zero-order valence-corrected chi connectivity index (χ0v) is 17.0. The Morgan fingerprint density at radius 1 is 1.10 bits per heavy atom. The lowest BCUT2D eigenvalue weighted by Gasteiger charge is -2.38. The fourth-order valence-corrected chi connectivity index (χ4v) is 4.96. The maximum atomic E-state index is 6.07. The number of para-hydroxylation sites is 1. The molecule has 152 valence electrons. The lowest BCUT2D eigenvalue weighted by molar-refractivity contribution is 0.0679. The highest BCUT2D eigenvalue weighted by molar-refractivity contribution is 5.62. The molecule has 0 spiro atoms. The van der Waals surface area contributed by atoms with E-state index in [1.165, 1.54) is 16.8 Å². The van der Waals surface area contributed by atoms with Gasteiger partial charge >= 0.3 is 0 Å². The summed E-state index contributed by atoms with van der Waals surface area (Å²) in [5.41, 5.74) is 3.77. The monoisotopic (exact) mass is 391 g/mol. The Morgan fingerprint density at radius 2 is 2.03 bits per heavy atom. The summed E-state index contributed by atoms with van der Waals surface area (Å²) in [6, 6.07) is 15.1. The number of allylic oxidation sites excluding steroid dienone is 2. The van der Waals surface area contributed by atoms with Crippen LogP contribution in [0.3, 0.4) is 0 Å². The zero-order valence-electron chi connectivity index (χ0n) is 17.0. The van der Waals surface area contributed by atoms with Crippen LogP contribution in [0.2, 0.25) is 0 Å². The van der Waals surface area contributed by atoms with Gasteiger partial charge in [0.25, 0.3) is 0 Å². The average Bonchev–Trinajstić information content (AvgIpc) is 3.45. The molecule has 1 aliphatic carbocycles. The van der Waals surface area contributed by atoms with Gasteiger partial charge < -0.3 is 19.5 Å². The molecule has 3 aliphatic rings. The van der Waals surface area contributed by atoms with Crippen LogP contribution < -0.4 is 14.8 Å². The molecule has 4 unspecified atom stereocenters. The van der Waals surface area contributed by atoms with Crippen LogP contribution >= 0.6 is 0 Å². The molecule has 0 radical (unpaired) electrons. The third kappa shape index (κ3) is 3.62. The fraction of sp³-hybridized carbons (Fsp3) is 0.440. The number of hydrogen-bond donors (Lipinski definition) is 1. The predicted octanol–water partition coefficient (Wildman–Crippen LogP) is 5.47. The molecular formula is C25H29NO3. The van der Waals surface area contributed by atoms with Crippen molar-refractivity contribution in [1.82, 2.24) is 0 Å². The molecule has 2 aliphatic heterocycles. The van der Waals surface area contributed by atoms with Crippen molar-refractivity contribution in [3.8, 4) is 11.5 Å². The van der Waals surface area contributed by atoms with E-state index in [9.17, 15) is 0 Å².